The zero-order valence-electron chi connectivity index (χ0n) is 16.3. The van der Waals surface area contributed by atoms with Crippen LogP contribution >= 0.6 is 34.8 Å². The van der Waals surface area contributed by atoms with Gasteiger partial charge in [-0.1, -0.05) is 53.0 Å². The van der Waals surface area contributed by atoms with Crippen molar-refractivity contribution < 1.29 is 18.3 Å². The largest absolute Gasteiger partial charge is 0.477 e. The molecule has 0 amide bonds. The molecule has 0 spiro atoms. The van der Waals surface area contributed by atoms with Crippen LogP contribution in [-0.4, -0.2) is 36.1 Å². The quantitative estimate of drug-likeness (QED) is 0.453. The first-order chi connectivity index (χ1) is 14.5. The van der Waals surface area contributed by atoms with Crippen LogP contribution in [0.5, 0.6) is 0 Å². The molecular weight excluding hydrogens is 483 g/mol. The van der Waals surface area contributed by atoms with Crippen LogP contribution in [0.4, 0.5) is 0 Å². The summed E-state index contributed by atoms with van der Waals surface area (Å²) in [5.74, 6) is -1.40. The number of hydrogen-bond donors (Lipinski definition) is 2. The topological polar surface area (TPSA) is 102 Å². The summed E-state index contributed by atoms with van der Waals surface area (Å²) in [6.45, 7) is 0. The lowest BCUT2D eigenvalue weighted by atomic mass is 10.0. The number of nitrogens with two attached hydrogens (primary N) is 1. The van der Waals surface area contributed by atoms with E-state index in [-0.39, 0.29) is 17.9 Å². The number of hydrogen-bond acceptors (Lipinski definition) is 4. The highest BCUT2D eigenvalue weighted by Crippen LogP contribution is 2.41. The van der Waals surface area contributed by atoms with Crippen LogP contribution in [0.2, 0.25) is 15.1 Å². The van der Waals surface area contributed by atoms with Crippen LogP contribution in [0.25, 0.3) is 22.4 Å². The molecule has 1 aromatic heterocycles. The summed E-state index contributed by atoms with van der Waals surface area (Å²) in [5.41, 5.74) is 8.45. The summed E-state index contributed by atoms with van der Waals surface area (Å²) in [5, 5.41) is 11.1. The lowest BCUT2D eigenvalue weighted by Crippen LogP contribution is -2.25. The summed E-state index contributed by atoms with van der Waals surface area (Å²) in [6.07, 6.45) is 0.223. The van der Waals surface area contributed by atoms with Gasteiger partial charge in [-0.05, 0) is 42.3 Å². The van der Waals surface area contributed by atoms with Crippen LogP contribution < -0.4 is 5.73 Å². The van der Waals surface area contributed by atoms with Crippen LogP contribution in [0.3, 0.4) is 0 Å². The van der Waals surface area contributed by atoms with Gasteiger partial charge in [0.2, 0.25) is 0 Å². The van der Waals surface area contributed by atoms with E-state index in [4.69, 9.17) is 40.5 Å². The summed E-state index contributed by atoms with van der Waals surface area (Å²) >= 11 is 18.5. The van der Waals surface area contributed by atoms with Gasteiger partial charge >= 0.3 is 5.97 Å². The number of aromatic nitrogens is 1. The molecule has 0 bridgehead atoms. The third-order valence-corrected chi connectivity index (χ3v) is 6.49. The van der Waals surface area contributed by atoms with Gasteiger partial charge in [-0.2, -0.15) is 0 Å². The first-order valence-electron chi connectivity index (χ1n) is 9.11. The molecule has 0 saturated heterocycles. The molecule has 0 saturated carbocycles. The third kappa shape index (κ3) is 5.42. The van der Waals surface area contributed by atoms with Crippen LogP contribution in [0, 0.1) is 0 Å². The standard InChI is InChI=1S/C21H19Cl3N2O4S/c1-31(29,30)9-8-19(25)26-18(21(27)28)11-16(15-7-6-14(23)10-17(15)24)20(26)12-2-4-13(22)5-3-12/h2-7,10-11,19H,8-9,25H2,1H3,(H,27,28). The molecule has 0 aliphatic rings. The van der Waals surface area contributed by atoms with Gasteiger partial charge in [0.05, 0.1) is 17.6 Å². The molecule has 164 valence electrons. The number of benzene rings is 2. The second-order valence-corrected chi connectivity index (χ2v) is 10.6. The molecule has 0 aliphatic carbocycles. The number of halogens is 3. The Kier molecular flexibility index (Phi) is 7.03. The van der Waals surface area contributed by atoms with Crippen molar-refractivity contribution in [3.05, 3.63) is 69.3 Å². The fraction of sp³-hybridized carbons (Fsp3) is 0.190. The zero-order valence-corrected chi connectivity index (χ0v) is 19.4. The second-order valence-electron chi connectivity index (χ2n) is 7.08. The molecule has 0 aliphatic heterocycles. The smallest absolute Gasteiger partial charge is 0.352 e. The Morgan fingerprint density at radius 3 is 2.19 bits per heavy atom. The Labute approximate surface area is 195 Å². The fourth-order valence-corrected chi connectivity index (χ4v) is 4.62. The average molecular weight is 502 g/mol. The second kappa shape index (κ2) is 9.22. The van der Waals surface area contributed by atoms with Crippen molar-refractivity contribution in [2.45, 2.75) is 12.6 Å². The molecule has 10 heteroatoms. The molecule has 2 aromatic carbocycles. The number of carboxylic acids is 1. The Balaban J connectivity index is 2.30. The zero-order chi connectivity index (χ0) is 22.9. The molecule has 3 aromatic rings. The van der Waals surface area contributed by atoms with Crippen molar-refractivity contribution in [3.8, 4) is 22.4 Å². The van der Waals surface area contributed by atoms with Crippen molar-refractivity contribution in [3.63, 3.8) is 0 Å². The predicted octanol–water partition coefficient (Wildman–Crippen LogP) is 5.37. The van der Waals surface area contributed by atoms with Gasteiger partial charge in [-0.15, -0.1) is 0 Å². The van der Waals surface area contributed by atoms with E-state index in [1.165, 1.54) is 10.6 Å². The number of nitrogens with zero attached hydrogens (tertiary/aromatic N) is 1. The normalized spacial score (nSPS) is 12.7. The fourth-order valence-electron chi connectivity index (χ4n) is 3.31. The highest BCUT2D eigenvalue weighted by molar-refractivity contribution is 7.90. The van der Waals surface area contributed by atoms with E-state index in [1.807, 2.05) is 0 Å². The Morgan fingerprint density at radius 1 is 1.03 bits per heavy atom. The maximum absolute atomic E-state index is 12.1. The summed E-state index contributed by atoms with van der Waals surface area (Å²) < 4.78 is 24.7. The third-order valence-electron chi connectivity index (χ3n) is 4.71. The first-order valence-corrected chi connectivity index (χ1v) is 12.3. The van der Waals surface area contributed by atoms with Crippen LogP contribution in [0.1, 0.15) is 23.1 Å². The number of carboxylic acid groups (broad SMARTS) is 1. The van der Waals surface area contributed by atoms with E-state index in [1.54, 1.807) is 42.5 Å². The van der Waals surface area contributed by atoms with E-state index < -0.39 is 22.0 Å². The predicted molar refractivity (Wildman–Crippen MR) is 125 cm³/mol. The molecule has 0 radical (unpaired) electrons. The highest BCUT2D eigenvalue weighted by Gasteiger charge is 2.26. The maximum Gasteiger partial charge on any atom is 0.352 e. The summed E-state index contributed by atoms with van der Waals surface area (Å²) in [4.78, 5) is 12.1. The average Bonchev–Trinajstić information content (AvgIpc) is 3.07. The Hall–Kier alpha value is -2.03. The molecule has 0 fully saturated rings. The Bertz CT molecular complexity index is 1240. The molecule has 6 nitrogen and oxygen atoms in total. The van der Waals surface area contributed by atoms with E-state index in [0.29, 0.717) is 37.5 Å². The number of sulfone groups is 1. The molecule has 3 rings (SSSR count). The molecule has 31 heavy (non-hydrogen) atoms. The lowest BCUT2D eigenvalue weighted by Gasteiger charge is -2.20. The number of rotatable bonds is 7. The van der Waals surface area contributed by atoms with Gasteiger partial charge in [-0.3, -0.25) is 0 Å². The minimum atomic E-state index is -3.29. The highest BCUT2D eigenvalue weighted by atomic mass is 35.5. The van der Waals surface area contributed by atoms with Crippen LogP contribution in [0.15, 0.2) is 48.5 Å². The van der Waals surface area contributed by atoms with Crippen molar-refractivity contribution >= 4 is 50.6 Å². The summed E-state index contributed by atoms with van der Waals surface area (Å²) in [7, 11) is -3.29. The minimum Gasteiger partial charge on any atom is -0.477 e. The van der Waals surface area contributed by atoms with Crippen molar-refractivity contribution in [1.82, 2.24) is 4.57 Å². The van der Waals surface area contributed by atoms with Crippen molar-refractivity contribution in [2.75, 3.05) is 12.0 Å². The monoisotopic (exact) mass is 500 g/mol. The van der Waals surface area contributed by atoms with Gasteiger partial charge in [0, 0.05) is 32.5 Å². The molecule has 1 atom stereocenters. The Morgan fingerprint density at radius 2 is 1.65 bits per heavy atom. The van der Waals surface area contributed by atoms with Crippen molar-refractivity contribution in [1.29, 1.82) is 0 Å². The van der Waals surface area contributed by atoms with E-state index >= 15 is 0 Å². The van der Waals surface area contributed by atoms with E-state index in [0.717, 1.165) is 6.26 Å². The molecular formula is C21H19Cl3N2O4S. The van der Waals surface area contributed by atoms with E-state index in [2.05, 4.69) is 0 Å². The van der Waals surface area contributed by atoms with Gasteiger partial charge < -0.3 is 15.4 Å². The van der Waals surface area contributed by atoms with E-state index in [9.17, 15) is 18.3 Å². The van der Waals surface area contributed by atoms with Gasteiger partial charge in [0.1, 0.15) is 15.5 Å². The molecule has 3 N–H and O–H groups in total. The number of carbonyl (C=O) groups is 1. The van der Waals surface area contributed by atoms with Crippen molar-refractivity contribution in [2.24, 2.45) is 5.73 Å². The van der Waals surface area contributed by atoms with Gasteiger partial charge in [-0.25, -0.2) is 13.2 Å². The van der Waals surface area contributed by atoms with Gasteiger partial charge in [0.15, 0.2) is 0 Å². The molecule has 1 heterocycles. The van der Waals surface area contributed by atoms with Crippen LogP contribution in [-0.2, 0) is 9.84 Å². The number of aromatic carboxylic acids is 1. The lowest BCUT2D eigenvalue weighted by molar-refractivity contribution is 0.0682. The first kappa shape index (κ1) is 23.6. The SMILES string of the molecule is CS(=O)(=O)CCC(N)n1c(C(=O)O)cc(-c2ccc(Cl)cc2Cl)c1-c1ccc(Cl)cc1. The summed E-state index contributed by atoms with van der Waals surface area (Å²) in [6, 6.07) is 13.2. The molecule has 1 unspecified atom stereocenters. The maximum atomic E-state index is 12.1. The van der Waals surface area contributed by atoms with Gasteiger partial charge in [0.25, 0.3) is 0 Å². The minimum absolute atomic E-state index is 0.0299.